The molecule has 1 fully saturated rings. The predicted octanol–water partition coefficient (Wildman–Crippen LogP) is 4.11. The molecule has 6 heteroatoms. The number of anilines is 2. The van der Waals surface area contributed by atoms with Crippen molar-refractivity contribution in [3.8, 4) is 5.75 Å². The van der Waals surface area contributed by atoms with E-state index in [-0.39, 0.29) is 31.0 Å². The van der Waals surface area contributed by atoms with Crippen LogP contribution in [-0.2, 0) is 9.53 Å². The number of hydrogen-bond acceptors (Lipinski definition) is 4. The number of carbonyl (C=O) groups is 1. The fourth-order valence-corrected chi connectivity index (χ4v) is 2.75. The molecule has 2 aromatic carbocycles. The maximum absolute atomic E-state index is 12.2. The molecule has 26 heavy (non-hydrogen) atoms. The average molecular weight is 377 g/mol. The van der Waals surface area contributed by atoms with Crippen molar-refractivity contribution in [1.82, 2.24) is 0 Å². The van der Waals surface area contributed by atoms with Gasteiger partial charge in [0.2, 0.25) is 5.91 Å². The van der Waals surface area contributed by atoms with Gasteiger partial charge in [-0.1, -0.05) is 30.3 Å². The third kappa shape index (κ3) is 6.24. The van der Waals surface area contributed by atoms with Gasteiger partial charge >= 0.3 is 0 Å². The van der Waals surface area contributed by atoms with Crippen molar-refractivity contribution in [2.45, 2.75) is 25.4 Å². The van der Waals surface area contributed by atoms with Crippen molar-refractivity contribution in [1.29, 1.82) is 0 Å². The van der Waals surface area contributed by atoms with Gasteiger partial charge in [-0.3, -0.25) is 4.79 Å². The molecule has 0 bridgehead atoms. The Morgan fingerprint density at radius 1 is 1.08 bits per heavy atom. The highest BCUT2D eigenvalue weighted by Gasteiger charge is 2.15. The summed E-state index contributed by atoms with van der Waals surface area (Å²) in [5, 5.41) is 6.00. The number of nitrogens with one attached hydrogen (secondary N) is 2. The van der Waals surface area contributed by atoms with Gasteiger partial charge in [0.05, 0.1) is 18.3 Å². The fourth-order valence-electron chi connectivity index (χ4n) is 2.75. The molecule has 1 aliphatic heterocycles. The Bertz CT molecular complexity index is 676. The number of rotatable bonds is 7. The molecule has 140 valence electrons. The van der Waals surface area contributed by atoms with Crippen LogP contribution in [0.1, 0.15) is 19.3 Å². The van der Waals surface area contributed by atoms with Crippen molar-refractivity contribution in [3.05, 3.63) is 54.6 Å². The molecule has 0 aliphatic carbocycles. The molecule has 1 heterocycles. The third-order valence-corrected chi connectivity index (χ3v) is 4.09. The molecule has 1 aliphatic rings. The van der Waals surface area contributed by atoms with Crippen LogP contribution in [0.2, 0.25) is 0 Å². The lowest BCUT2D eigenvalue weighted by atomic mass is 10.1. The quantitative estimate of drug-likeness (QED) is 0.763. The van der Waals surface area contributed by atoms with E-state index in [0.29, 0.717) is 18.0 Å². The van der Waals surface area contributed by atoms with Crippen molar-refractivity contribution < 1.29 is 14.3 Å². The monoisotopic (exact) mass is 376 g/mol. The Kier molecular flexibility index (Phi) is 8.25. The van der Waals surface area contributed by atoms with E-state index in [1.165, 1.54) is 6.42 Å². The predicted molar refractivity (Wildman–Crippen MR) is 106 cm³/mol. The van der Waals surface area contributed by atoms with Gasteiger partial charge in [0, 0.05) is 12.3 Å². The van der Waals surface area contributed by atoms with Crippen molar-refractivity contribution in [3.63, 3.8) is 0 Å². The highest BCUT2D eigenvalue weighted by molar-refractivity contribution is 5.95. The minimum absolute atomic E-state index is 0. The first kappa shape index (κ1) is 20.1. The highest BCUT2D eigenvalue weighted by atomic mass is 35.5. The summed E-state index contributed by atoms with van der Waals surface area (Å²) in [5.41, 5.74) is 1.59. The van der Waals surface area contributed by atoms with Gasteiger partial charge in [-0.25, -0.2) is 0 Å². The van der Waals surface area contributed by atoms with E-state index in [1.54, 1.807) is 0 Å². The second-order valence-electron chi connectivity index (χ2n) is 6.06. The van der Waals surface area contributed by atoms with E-state index in [0.717, 1.165) is 25.1 Å². The SMILES string of the molecule is Cl.O=C(CNc1ccccc1)Nc1ccccc1OCC1CCCCO1. The number of carbonyl (C=O) groups excluding carboxylic acids is 1. The Labute approximate surface area is 160 Å². The average Bonchev–Trinajstić information content (AvgIpc) is 2.67. The Balaban J connectivity index is 0.00000243. The molecular weight excluding hydrogens is 352 g/mol. The van der Waals surface area contributed by atoms with Gasteiger partial charge in [-0.05, 0) is 43.5 Å². The zero-order valence-corrected chi connectivity index (χ0v) is 15.5. The van der Waals surface area contributed by atoms with E-state index in [4.69, 9.17) is 9.47 Å². The van der Waals surface area contributed by atoms with E-state index >= 15 is 0 Å². The summed E-state index contributed by atoms with van der Waals surface area (Å²) in [7, 11) is 0. The van der Waals surface area contributed by atoms with Crippen LogP contribution in [0.4, 0.5) is 11.4 Å². The molecule has 5 nitrogen and oxygen atoms in total. The van der Waals surface area contributed by atoms with Crippen molar-refractivity contribution in [2.24, 2.45) is 0 Å². The van der Waals surface area contributed by atoms with Gasteiger partial charge in [0.25, 0.3) is 0 Å². The summed E-state index contributed by atoms with van der Waals surface area (Å²) in [6.07, 6.45) is 3.46. The number of ether oxygens (including phenoxy) is 2. The molecule has 0 saturated carbocycles. The molecule has 3 rings (SSSR count). The van der Waals surface area contributed by atoms with Crippen LogP contribution in [0.5, 0.6) is 5.75 Å². The molecule has 1 saturated heterocycles. The van der Waals surface area contributed by atoms with E-state index < -0.39 is 0 Å². The van der Waals surface area contributed by atoms with Crippen LogP contribution >= 0.6 is 12.4 Å². The summed E-state index contributed by atoms with van der Waals surface area (Å²) in [6.45, 7) is 1.51. The number of halogens is 1. The standard InChI is InChI=1S/C20H24N2O3.ClH/c23-20(14-21-16-8-2-1-3-9-16)22-18-11-4-5-12-19(18)25-15-17-10-6-7-13-24-17;/h1-5,8-9,11-12,17,21H,6-7,10,13-15H2,(H,22,23);1H. The van der Waals surface area contributed by atoms with Crippen LogP contribution < -0.4 is 15.4 Å². The number of hydrogen-bond donors (Lipinski definition) is 2. The lowest BCUT2D eigenvalue weighted by Gasteiger charge is -2.23. The van der Waals surface area contributed by atoms with Gasteiger partial charge in [0.1, 0.15) is 12.4 Å². The normalized spacial score (nSPS) is 16.2. The fraction of sp³-hybridized carbons (Fsp3) is 0.350. The molecule has 1 amide bonds. The lowest BCUT2D eigenvalue weighted by Crippen LogP contribution is -2.26. The van der Waals surface area contributed by atoms with E-state index in [2.05, 4.69) is 10.6 Å². The molecule has 2 aromatic rings. The minimum Gasteiger partial charge on any atom is -0.489 e. The largest absolute Gasteiger partial charge is 0.489 e. The number of benzene rings is 2. The van der Waals surface area contributed by atoms with Crippen LogP contribution in [0.15, 0.2) is 54.6 Å². The van der Waals surface area contributed by atoms with Crippen molar-refractivity contribution >= 4 is 29.7 Å². The smallest absolute Gasteiger partial charge is 0.243 e. The molecule has 0 radical (unpaired) electrons. The Hall–Kier alpha value is -2.24. The van der Waals surface area contributed by atoms with Crippen LogP contribution in [0.3, 0.4) is 0 Å². The van der Waals surface area contributed by atoms with Gasteiger partial charge in [-0.2, -0.15) is 0 Å². The molecule has 1 unspecified atom stereocenters. The van der Waals surface area contributed by atoms with E-state index in [9.17, 15) is 4.79 Å². The van der Waals surface area contributed by atoms with Crippen molar-refractivity contribution in [2.75, 3.05) is 30.4 Å². The summed E-state index contributed by atoms with van der Waals surface area (Å²) < 4.78 is 11.6. The van der Waals surface area contributed by atoms with Crippen LogP contribution in [-0.4, -0.2) is 31.8 Å². The van der Waals surface area contributed by atoms with Crippen LogP contribution in [0.25, 0.3) is 0 Å². The Morgan fingerprint density at radius 3 is 2.62 bits per heavy atom. The molecule has 0 spiro atoms. The summed E-state index contributed by atoms with van der Waals surface area (Å²) in [6, 6.07) is 17.1. The zero-order valence-electron chi connectivity index (χ0n) is 14.6. The maximum Gasteiger partial charge on any atom is 0.243 e. The lowest BCUT2D eigenvalue weighted by molar-refractivity contribution is -0.114. The van der Waals surface area contributed by atoms with Crippen LogP contribution in [0, 0.1) is 0 Å². The first-order chi connectivity index (χ1) is 12.3. The Morgan fingerprint density at radius 2 is 1.85 bits per heavy atom. The number of amides is 1. The van der Waals surface area contributed by atoms with Gasteiger partial charge in [-0.15, -0.1) is 12.4 Å². The number of para-hydroxylation sites is 3. The maximum atomic E-state index is 12.2. The molecule has 1 atom stereocenters. The summed E-state index contributed by atoms with van der Waals surface area (Å²) >= 11 is 0. The molecule has 2 N–H and O–H groups in total. The van der Waals surface area contributed by atoms with E-state index in [1.807, 2.05) is 54.6 Å². The highest BCUT2D eigenvalue weighted by Crippen LogP contribution is 2.25. The van der Waals surface area contributed by atoms with Gasteiger partial charge in [0.15, 0.2) is 0 Å². The molecular formula is C20H25ClN2O3. The zero-order chi connectivity index (χ0) is 17.3. The minimum atomic E-state index is -0.117. The molecule has 0 aromatic heterocycles. The second kappa shape index (κ2) is 10.7. The summed E-state index contributed by atoms with van der Waals surface area (Å²) in [4.78, 5) is 12.2. The summed E-state index contributed by atoms with van der Waals surface area (Å²) in [5.74, 6) is 0.554. The third-order valence-electron chi connectivity index (χ3n) is 4.09. The second-order valence-corrected chi connectivity index (χ2v) is 6.06. The first-order valence-electron chi connectivity index (χ1n) is 8.73. The topological polar surface area (TPSA) is 59.6 Å². The first-order valence-corrected chi connectivity index (χ1v) is 8.73. The van der Waals surface area contributed by atoms with Gasteiger partial charge < -0.3 is 20.1 Å².